The summed E-state index contributed by atoms with van der Waals surface area (Å²) >= 11 is 5.01. The van der Waals surface area contributed by atoms with Crippen LogP contribution in [0.25, 0.3) is 0 Å². The molecule has 0 spiro atoms. The molecule has 6 heteroatoms. The van der Waals surface area contributed by atoms with Gasteiger partial charge in [0, 0.05) is 27.5 Å². The minimum atomic E-state index is -3.20. The summed E-state index contributed by atoms with van der Waals surface area (Å²) in [6.07, 6.45) is 1.22. The topological polar surface area (TPSA) is 46.2 Å². The number of hydrogen-bond donors (Lipinski definition) is 1. The standard InChI is InChI=1S/C12H12BrNO2S2/c1-18(15,16)12-5-3-2-4-11(12)14-7-10-6-9(13)8-17-10/h2-6,8,14H,7H2,1H3. The normalized spacial score (nSPS) is 11.4. The second kappa shape index (κ2) is 5.42. The number of rotatable bonds is 4. The van der Waals surface area contributed by atoms with Crippen LogP contribution in [0.2, 0.25) is 0 Å². The van der Waals surface area contributed by atoms with Crippen molar-refractivity contribution in [3.05, 3.63) is 45.1 Å². The first kappa shape index (κ1) is 13.6. The van der Waals surface area contributed by atoms with Gasteiger partial charge in [-0.05, 0) is 34.1 Å². The number of halogens is 1. The lowest BCUT2D eigenvalue weighted by molar-refractivity contribution is 0.602. The molecule has 1 heterocycles. The average Bonchev–Trinajstić information content (AvgIpc) is 2.72. The Labute approximate surface area is 119 Å². The van der Waals surface area contributed by atoms with Crippen molar-refractivity contribution in [1.29, 1.82) is 0 Å². The predicted molar refractivity (Wildman–Crippen MR) is 78.9 cm³/mol. The van der Waals surface area contributed by atoms with Crippen LogP contribution >= 0.6 is 27.3 Å². The first-order valence-corrected chi connectivity index (χ1v) is 8.79. The highest BCUT2D eigenvalue weighted by Gasteiger charge is 2.12. The Hall–Kier alpha value is -0.850. The molecule has 0 saturated heterocycles. The van der Waals surface area contributed by atoms with E-state index in [1.54, 1.807) is 29.5 Å². The second-order valence-corrected chi connectivity index (χ2v) is 7.75. The van der Waals surface area contributed by atoms with Crippen molar-refractivity contribution in [3.63, 3.8) is 0 Å². The largest absolute Gasteiger partial charge is 0.379 e. The van der Waals surface area contributed by atoms with E-state index in [4.69, 9.17) is 0 Å². The third kappa shape index (κ3) is 3.34. The Morgan fingerprint density at radius 2 is 2.06 bits per heavy atom. The number of benzene rings is 1. The lowest BCUT2D eigenvalue weighted by atomic mass is 10.3. The van der Waals surface area contributed by atoms with Gasteiger partial charge in [-0.15, -0.1) is 11.3 Å². The van der Waals surface area contributed by atoms with Crippen LogP contribution in [0, 0.1) is 0 Å². The lowest BCUT2D eigenvalue weighted by Crippen LogP contribution is -2.05. The van der Waals surface area contributed by atoms with E-state index in [2.05, 4.69) is 21.2 Å². The fourth-order valence-electron chi connectivity index (χ4n) is 1.56. The first-order valence-electron chi connectivity index (χ1n) is 5.22. The van der Waals surface area contributed by atoms with Crippen LogP contribution in [0.4, 0.5) is 5.69 Å². The maximum absolute atomic E-state index is 11.6. The molecule has 96 valence electrons. The molecule has 0 fully saturated rings. The third-order valence-corrected chi connectivity index (χ3v) is 5.21. The molecule has 0 atom stereocenters. The molecule has 0 bridgehead atoms. The summed E-state index contributed by atoms with van der Waals surface area (Å²) in [6, 6.07) is 8.95. The molecule has 2 rings (SSSR count). The molecule has 0 radical (unpaired) electrons. The molecule has 1 aromatic heterocycles. The van der Waals surface area contributed by atoms with Crippen molar-refractivity contribution < 1.29 is 8.42 Å². The highest BCUT2D eigenvalue weighted by atomic mass is 79.9. The van der Waals surface area contributed by atoms with Crippen LogP contribution in [0.5, 0.6) is 0 Å². The summed E-state index contributed by atoms with van der Waals surface area (Å²) in [6.45, 7) is 0.614. The smallest absolute Gasteiger partial charge is 0.177 e. The fourth-order valence-corrected chi connectivity index (χ4v) is 3.82. The molecule has 1 N–H and O–H groups in total. The monoisotopic (exact) mass is 345 g/mol. The number of hydrogen-bond acceptors (Lipinski definition) is 4. The maximum atomic E-state index is 11.6. The Morgan fingerprint density at radius 1 is 1.33 bits per heavy atom. The third-order valence-electron chi connectivity index (χ3n) is 2.36. The Kier molecular flexibility index (Phi) is 4.09. The molecule has 1 aromatic carbocycles. The van der Waals surface area contributed by atoms with Crippen LogP contribution in [0.15, 0.2) is 45.1 Å². The summed E-state index contributed by atoms with van der Waals surface area (Å²) in [5.41, 5.74) is 0.643. The summed E-state index contributed by atoms with van der Waals surface area (Å²) in [4.78, 5) is 1.48. The number of sulfone groups is 1. The van der Waals surface area contributed by atoms with Gasteiger partial charge in [0.15, 0.2) is 9.84 Å². The van der Waals surface area contributed by atoms with Crippen molar-refractivity contribution in [3.8, 4) is 0 Å². The van der Waals surface area contributed by atoms with Crippen molar-refractivity contribution in [2.45, 2.75) is 11.4 Å². The second-order valence-electron chi connectivity index (χ2n) is 3.85. The van der Waals surface area contributed by atoms with Gasteiger partial charge in [-0.3, -0.25) is 0 Å². The summed E-state index contributed by atoms with van der Waals surface area (Å²) < 4.78 is 24.3. The molecular formula is C12H12BrNO2S2. The highest BCUT2D eigenvalue weighted by molar-refractivity contribution is 9.10. The van der Waals surface area contributed by atoms with Gasteiger partial charge in [0.05, 0.1) is 10.6 Å². The molecular weight excluding hydrogens is 334 g/mol. The first-order chi connectivity index (χ1) is 8.47. The molecule has 0 saturated carbocycles. The molecule has 0 amide bonds. The Balaban J connectivity index is 2.20. The van der Waals surface area contributed by atoms with E-state index < -0.39 is 9.84 Å². The van der Waals surface area contributed by atoms with Crippen LogP contribution in [0.1, 0.15) is 4.88 Å². The number of para-hydroxylation sites is 1. The zero-order valence-electron chi connectivity index (χ0n) is 9.68. The van der Waals surface area contributed by atoms with Crippen molar-refractivity contribution in [1.82, 2.24) is 0 Å². The van der Waals surface area contributed by atoms with Gasteiger partial charge >= 0.3 is 0 Å². The van der Waals surface area contributed by atoms with E-state index in [-0.39, 0.29) is 0 Å². The fraction of sp³-hybridized carbons (Fsp3) is 0.167. The van der Waals surface area contributed by atoms with E-state index >= 15 is 0 Å². The lowest BCUT2D eigenvalue weighted by Gasteiger charge is -2.09. The molecule has 2 aromatic rings. The quantitative estimate of drug-likeness (QED) is 0.921. The zero-order chi connectivity index (χ0) is 13.2. The van der Waals surface area contributed by atoms with Gasteiger partial charge < -0.3 is 5.32 Å². The Morgan fingerprint density at radius 3 is 2.67 bits per heavy atom. The average molecular weight is 346 g/mol. The SMILES string of the molecule is CS(=O)(=O)c1ccccc1NCc1cc(Br)cs1. The van der Waals surface area contributed by atoms with Gasteiger partial charge in [0.2, 0.25) is 0 Å². The van der Waals surface area contributed by atoms with E-state index in [0.29, 0.717) is 17.1 Å². The van der Waals surface area contributed by atoms with Crippen LogP contribution < -0.4 is 5.32 Å². The minimum Gasteiger partial charge on any atom is -0.379 e. The van der Waals surface area contributed by atoms with Crippen LogP contribution in [0.3, 0.4) is 0 Å². The van der Waals surface area contributed by atoms with Gasteiger partial charge in [-0.1, -0.05) is 12.1 Å². The Bertz CT molecular complexity index is 650. The molecule has 0 unspecified atom stereocenters. The molecule has 18 heavy (non-hydrogen) atoms. The number of thiophene rings is 1. The predicted octanol–water partition coefficient (Wildman–Crippen LogP) is 3.53. The number of anilines is 1. The van der Waals surface area contributed by atoms with Crippen molar-refractivity contribution in [2.24, 2.45) is 0 Å². The van der Waals surface area contributed by atoms with E-state index in [1.807, 2.05) is 17.5 Å². The van der Waals surface area contributed by atoms with Crippen molar-refractivity contribution >= 4 is 42.8 Å². The van der Waals surface area contributed by atoms with E-state index in [9.17, 15) is 8.42 Å². The van der Waals surface area contributed by atoms with Gasteiger partial charge in [-0.2, -0.15) is 0 Å². The highest BCUT2D eigenvalue weighted by Crippen LogP contribution is 2.24. The van der Waals surface area contributed by atoms with Gasteiger partial charge in [0.25, 0.3) is 0 Å². The van der Waals surface area contributed by atoms with Crippen LogP contribution in [-0.2, 0) is 16.4 Å². The van der Waals surface area contributed by atoms with E-state index in [1.165, 1.54) is 6.26 Å². The molecule has 0 aliphatic rings. The summed E-state index contributed by atoms with van der Waals surface area (Å²) in [7, 11) is -3.20. The molecule has 0 aliphatic heterocycles. The maximum Gasteiger partial charge on any atom is 0.177 e. The number of nitrogens with one attached hydrogen (secondary N) is 1. The van der Waals surface area contributed by atoms with Gasteiger partial charge in [0.1, 0.15) is 0 Å². The molecule has 0 aliphatic carbocycles. The minimum absolute atomic E-state index is 0.334. The zero-order valence-corrected chi connectivity index (χ0v) is 12.9. The van der Waals surface area contributed by atoms with Crippen molar-refractivity contribution in [2.75, 3.05) is 11.6 Å². The van der Waals surface area contributed by atoms with Gasteiger partial charge in [-0.25, -0.2) is 8.42 Å². The van der Waals surface area contributed by atoms with E-state index in [0.717, 1.165) is 9.35 Å². The summed E-state index contributed by atoms with van der Waals surface area (Å²) in [5, 5.41) is 5.16. The summed E-state index contributed by atoms with van der Waals surface area (Å²) in [5.74, 6) is 0. The molecule has 3 nitrogen and oxygen atoms in total. The van der Waals surface area contributed by atoms with Crippen LogP contribution in [-0.4, -0.2) is 14.7 Å².